The maximum Gasteiger partial charge on any atom is 0.313 e. The molecule has 0 bridgehead atoms. The Morgan fingerprint density at radius 3 is 2.82 bits per heavy atom. The first-order chi connectivity index (χ1) is 13.7. The highest BCUT2D eigenvalue weighted by molar-refractivity contribution is 7.22. The summed E-state index contributed by atoms with van der Waals surface area (Å²) in [5.74, 6) is -1.42. The molecule has 4 rings (SSSR count). The quantitative estimate of drug-likeness (QED) is 0.358. The summed E-state index contributed by atoms with van der Waals surface area (Å²) in [5.41, 5.74) is 2.34. The van der Waals surface area contributed by atoms with E-state index < -0.39 is 11.8 Å². The number of amides is 2. The van der Waals surface area contributed by atoms with Crippen LogP contribution in [-0.2, 0) is 14.3 Å². The normalized spacial score (nSPS) is 11.0. The molecule has 0 aliphatic heterocycles. The zero-order valence-electron chi connectivity index (χ0n) is 15.1. The van der Waals surface area contributed by atoms with Crippen LogP contribution in [0.1, 0.15) is 0 Å². The predicted octanol–water partition coefficient (Wildman–Crippen LogP) is 3.15. The molecule has 0 aliphatic rings. The molecule has 0 radical (unpaired) electrons. The molecule has 2 heterocycles. The van der Waals surface area contributed by atoms with Crippen LogP contribution in [0, 0.1) is 0 Å². The van der Waals surface area contributed by atoms with Gasteiger partial charge in [-0.15, -0.1) is 11.3 Å². The maximum absolute atomic E-state index is 12.2. The van der Waals surface area contributed by atoms with Gasteiger partial charge in [0, 0.05) is 39.9 Å². The molecule has 0 aliphatic carbocycles. The lowest BCUT2D eigenvalue weighted by Crippen LogP contribution is -2.37. The van der Waals surface area contributed by atoms with Gasteiger partial charge in [-0.3, -0.25) is 14.7 Å². The summed E-state index contributed by atoms with van der Waals surface area (Å²) in [6.45, 7) is 0.618. The number of carbonyl (C=O) groups is 2. The van der Waals surface area contributed by atoms with Gasteiger partial charge in [0.25, 0.3) is 0 Å². The topological polar surface area (TPSA) is 96.1 Å². The number of hydrogen-bond donors (Lipinski definition) is 3. The molecule has 8 heteroatoms. The van der Waals surface area contributed by atoms with Crippen molar-refractivity contribution in [2.24, 2.45) is 0 Å². The van der Waals surface area contributed by atoms with Crippen molar-refractivity contribution in [1.82, 2.24) is 15.5 Å². The Hall–Kier alpha value is -3.23. The maximum atomic E-state index is 12.2. The zero-order valence-corrected chi connectivity index (χ0v) is 15.9. The smallest absolute Gasteiger partial charge is 0.313 e. The Morgan fingerprint density at radius 1 is 1.14 bits per heavy atom. The minimum absolute atomic E-state index is 0.274. The van der Waals surface area contributed by atoms with E-state index in [0.29, 0.717) is 12.3 Å². The number of rotatable bonds is 5. The third kappa shape index (κ3) is 3.60. The molecule has 2 aromatic heterocycles. The number of methoxy groups -OCH3 is 1. The fraction of sp³-hybridized carbons (Fsp3) is 0.150. The number of anilines is 1. The number of aromatic nitrogens is 2. The van der Waals surface area contributed by atoms with Crippen molar-refractivity contribution in [3.63, 3.8) is 0 Å². The van der Waals surface area contributed by atoms with E-state index >= 15 is 0 Å². The summed E-state index contributed by atoms with van der Waals surface area (Å²) in [6, 6.07) is 13.9. The van der Waals surface area contributed by atoms with E-state index in [2.05, 4.69) is 39.0 Å². The summed E-state index contributed by atoms with van der Waals surface area (Å²) in [4.78, 5) is 25.1. The van der Waals surface area contributed by atoms with E-state index in [9.17, 15) is 9.59 Å². The summed E-state index contributed by atoms with van der Waals surface area (Å²) >= 11 is 1.66. The molecule has 0 atom stereocenters. The molecule has 0 saturated carbocycles. The average molecular weight is 394 g/mol. The van der Waals surface area contributed by atoms with E-state index in [4.69, 9.17) is 4.74 Å². The van der Waals surface area contributed by atoms with Crippen LogP contribution < -0.4 is 10.6 Å². The number of nitrogens with zero attached hydrogens (tertiary/aromatic N) is 1. The van der Waals surface area contributed by atoms with Crippen LogP contribution in [0.5, 0.6) is 0 Å². The number of hydrogen-bond acceptors (Lipinski definition) is 5. The van der Waals surface area contributed by atoms with Gasteiger partial charge in [-0.2, -0.15) is 5.10 Å². The van der Waals surface area contributed by atoms with Crippen molar-refractivity contribution in [2.75, 3.05) is 25.6 Å². The molecule has 0 saturated heterocycles. The first kappa shape index (κ1) is 18.1. The van der Waals surface area contributed by atoms with Gasteiger partial charge in [-0.1, -0.05) is 18.2 Å². The van der Waals surface area contributed by atoms with Crippen LogP contribution in [0.25, 0.3) is 31.4 Å². The number of aromatic amines is 1. The molecule has 0 unspecified atom stereocenters. The van der Waals surface area contributed by atoms with Crippen LogP contribution in [0.3, 0.4) is 0 Å². The van der Waals surface area contributed by atoms with Crippen molar-refractivity contribution in [2.45, 2.75) is 0 Å². The highest BCUT2D eigenvalue weighted by Crippen LogP contribution is 2.38. The van der Waals surface area contributed by atoms with Gasteiger partial charge >= 0.3 is 11.8 Å². The van der Waals surface area contributed by atoms with Crippen molar-refractivity contribution < 1.29 is 14.3 Å². The lowest BCUT2D eigenvalue weighted by molar-refractivity contribution is -0.136. The molecule has 4 aromatic rings. The summed E-state index contributed by atoms with van der Waals surface area (Å²) in [7, 11) is 1.53. The van der Waals surface area contributed by atoms with Crippen LogP contribution in [0.2, 0.25) is 0 Å². The molecule has 3 N–H and O–H groups in total. The molecular weight excluding hydrogens is 376 g/mol. The predicted molar refractivity (Wildman–Crippen MR) is 110 cm³/mol. The Kier molecular flexibility index (Phi) is 5.05. The Balaban J connectivity index is 1.65. The van der Waals surface area contributed by atoms with Crippen molar-refractivity contribution in [3.05, 3.63) is 48.7 Å². The second kappa shape index (κ2) is 7.79. The Bertz CT molecular complexity index is 1130. The lowest BCUT2D eigenvalue weighted by Gasteiger charge is -2.08. The van der Waals surface area contributed by atoms with Crippen molar-refractivity contribution in [1.29, 1.82) is 0 Å². The monoisotopic (exact) mass is 394 g/mol. The Morgan fingerprint density at radius 2 is 2.00 bits per heavy atom. The zero-order chi connectivity index (χ0) is 19.5. The number of H-pyrrole nitrogens is 1. The third-order valence-corrected chi connectivity index (χ3v) is 5.45. The van der Waals surface area contributed by atoms with E-state index in [1.807, 2.05) is 18.2 Å². The first-order valence-electron chi connectivity index (χ1n) is 8.70. The molecule has 142 valence electrons. The largest absolute Gasteiger partial charge is 0.383 e. The van der Waals surface area contributed by atoms with Crippen molar-refractivity contribution >= 4 is 49.8 Å². The fourth-order valence-electron chi connectivity index (χ4n) is 2.97. The standard InChI is InChI=1S/C20H18N4O3S/c1-27-7-6-21-19(25)20(26)23-14-8-13-11-22-24-18(13)15(10-14)17-9-12-4-2-3-5-16(12)28-17/h2-5,8-11H,6-7H2,1H3,(H,21,25)(H,22,24)(H,23,26). The number of benzene rings is 2. The van der Waals surface area contributed by atoms with E-state index in [0.717, 1.165) is 26.7 Å². The number of fused-ring (bicyclic) bond motifs is 2. The molecule has 2 aromatic carbocycles. The minimum atomic E-state index is -0.721. The number of nitrogens with one attached hydrogen (secondary N) is 3. The van der Waals surface area contributed by atoms with E-state index in [1.165, 1.54) is 11.8 Å². The van der Waals surface area contributed by atoms with Crippen LogP contribution >= 0.6 is 11.3 Å². The average Bonchev–Trinajstić information content (AvgIpc) is 3.34. The summed E-state index contributed by atoms with van der Waals surface area (Å²) in [6.07, 6.45) is 1.69. The highest BCUT2D eigenvalue weighted by Gasteiger charge is 2.16. The SMILES string of the molecule is COCCNC(=O)C(=O)Nc1cc(-c2cc3ccccc3s2)c2[nH]ncc2c1. The van der Waals surface area contributed by atoms with Crippen LogP contribution in [-0.4, -0.2) is 42.3 Å². The van der Waals surface area contributed by atoms with Gasteiger partial charge in [0.1, 0.15) is 0 Å². The summed E-state index contributed by atoms with van der Waals surface area (Å²) in [5, 5.41) is 14.3. The second-order valence-corrected chi connectivity index (χ2v) is 7.29. The Labute approximate surface area is 164 Å². The highest BCUT2D eigenvalue weighted by atomic mass is 32.1. The number of ether oxygens (including phenoxy) is 1. The molecule has 28 heavy (non-hydrogen) atoms. The molecular formula is C20H18N4O3S. The van der Waals surface area contributed by atoms with E-state index in [1.54, 1.807) is 23.6 Å². The molecule has 0 spiro atoms. The van der Waals surface area contributed by atoms with E-state index in [-0.39, 0.29) is 6.54 Å². The van der Waals surface area contributed by atoms with Gasteiger partial charge in [-0.05, 0) is 29.7 Å². The van der Waals surface area contributed by atoms with Gasteiger partial charge in [0.15, 0.2) is 0 Å². The fourth-order valence-corrected chi connectivity index (χ4v) is 4.06. The van der Waals surface area contributed by atoms with Gasteiger partial charge in [-0.25, -0.2) is 0 Å². The second-order valence-electron chi connectivity index (χ2n) is 6.21. The molecule has 7 nitrogen and oxygen atoms in total. The van der Waals surface area contributed by atoms with Crippen LogP contribution in [0.4, 0.5) is 5.69 Å². The number of thiophene rings is 1. The lowest BCUT2D eigenvalue weighted by atomic mass is 10.1. The van der Waals surface area contributed by atoms with Gasteiger partial charge in [0.05, 0.1) is 18.3 Å². The van der Waals surface area contributed by atoms with Gasteiger partial charge < -0.3 is 15.4 Å². The van der Waals surface area contributed by atoms with Gasteiger partial charge in [0.2, 0.25) is 0 Å². The molecule has 0 fully saturated rings. The third-order valence-electron chi connectivity index (χ3n) is 4.30. The van der Waals surface area contributed by atoms with Crippen LogP contribution in [0.15, 0.2) is 48.7 Å². The van der Waals surface area contributed by atoms with Crippen molar-refractivity contribution in [3.8, 4) is 10.4 Å². The number of carbonyl (C=O) groups excluding carboxylic acids is 2. The first-order valence-corrected chi connectivity index (χ1v) is 9.51. The minimum Gasteiger partial charge on any atom is -0.383 e. The summed E-state index contributed by atoms with van der Waals surface area (Å²) < 4.78 is 6.04. The molecule has 2 amide bonds.